The smallest absolute Gasteiger partial charge is 0.217 e. The normalized spacial score (nSPS) is 46.1. The molecule has 0 aliphatic carbocycles. The third kappa shape index (κ3) is 5.53. The lowest BCUT2D eigenvalue weighted by molar-refractivity contribution is -0.277. The fraction of sp³-hybridized carbons (Fsp3) is 0.929. The lowest BCUT2D eigenvalue weighted by atomic mass is 9.97. The third-order valence-electron chi connectivity index (χ3n) is 4.10. The van der Waals surface area contributed by atoms with Crippen LogP contribution in [0.1, 0.15) is 13.8 Å². The Morgan fingerprint density at radius 2 is 1.42 bits per heavy atom. The number of hydrogen-bond acceptors (Lipinski definition) is 11. The van der Waals surface area contributed by atoms with Crippen molar-refractivity contribution in [1.82, 2.24) is 5.32 Å². The van der Waals surface area contributed by atoms with Crippen LogP contribution in [0.15, 0.2) is 0 Å². The summed E-state index contributed by atoms with van der Waals surface area (Å²) in [4.78, 5) is 10.7. The highest BCUT2D eigenvalue weighted by molar-refractivity contribution is 5.73. The largest absolute Gasteiger partial charge is 0.394 e. The summed E-state index contributed by atoms with van der Waals surface area (Å²) in [5.74, 6) is -0.462. The van der Waals surface area contributed by atoms with Crippen LogP contribution >= 0.6 is 0 Å². The maximum absolute atomic E-state index is 10.7. The number of ether oxygens (including phenoxy) is 2. The second kappa shape index (κ2) is 9.85. The van der Waals surface area contributed by atoms with Gasteiger partial charge in [-0.2, -0.15) is 0 Å². The van der Waals surface area contributed by atoms with Crippen molar-refractivity contribution in [2.45, 2.75) is 75.2 Å². The quantitative estimate of drug-likeness (QED) is 0.219. The van der Waals surface area contributed by atoms with E-state index in [1.807, 2.05) is 0 Å². The van der Waals surface area contributed by atoms with E-state index in [9.17, 15) is 20.1 Å². The van der Waals surface area contributed by atoms with Crippen molar-refractivity contribution in [2.24, 2.45) is 0 Å². The molecule has 9 N–H and O–H groups in total. The summed E-state index contributed by atoms with van der Waals surface area (Å²) in [7, 11) is 0. The molecule has 12 nitrogen and oxygen atoms in total. The third-order valence-corrected chi connectivity index (χ3v) is 4.10. The standard InChI is InChI=1S/C8H15NO6.C6H12O5/c1-3(11)9-5-7(13)6(12)4(2-10)15-8(5)14;1-2-3(7)4(8)5(9)6(10)11-2/h4-8,10,12-14H,2H2,1H3,(H,9,11);2-10H,1H3/t4-,5-,6-,7-,8?;2-,3+,4+,5-,6?/m10/s1. The number of carbonyl (C=O) groups excluding carboxylic acids is 1. The number of rotatable bonds is 2. The van der Waals surface area contributed by atoms with Gasteiger partial charge in [-0.15, -0.1) is 0 Å². The van der Waals surface area contributed by atoms with Gasteiger partial charge in [0.2, 0.25) is 5.91 Å². The molecule has 1 amide bonds. The fourth-order valence-corrected chi connectivity index (χ4v) is 2.52. The SMILES string of the molecule is CC(=O)N[C@H]1C(O)O[C@H](CO)[C@@H](O)[C@@H]1O.C[C@@H]1OC(O)[C@@H](O)[C@H](O)[C@@H]1O. The second-order valence-corrected chi connectivity index (χ2v) is 6.16. The molecular formula is C14H27NO11. The maximum atomic E-state index is 10.7. The molecule has 0 aromatic rings. The van der Waals surface area contributed by atoms with E-state index in [-0.39, 0.29) is 0 Å². The number of hydrogen-bond donors (Lipinski definition) is 9. The van der Waals surface area contributed by atoms with Gasteiger partial charge < -0.3 is 55.6 Å². The Bertz CT molecular complexity index is 439. The molecule has 12 heteroatoms. The zero-order valence-corrected chi connectivity index (χ0v) is 14.3. The molecule has 2 aliphatic heterocycles. The van der Waals surface area contributed by atoms with Gasteiger partial charge in [-0.25, -0.2) is 0 Å². The summed E-state index contributed by atoms with van der Waals surface area (Å²) in [6.07, 6.45) is -11.2. The lowest BCUT2D eigenvalue weighted by Crippen LogP contribution is -2.63. The Labute approximate surface area is 149 Å². The van der Waals surface area contributed by atoms with Gasteiger partial charge in [-0.05, 0) is 6.92 Å². The van der Waals surface area contributed by atoms with Crippen molar-refractivity contribution in [3.63, 3.8) is 0 Å². The van der Waals surface area contributed by atoms with Crippen LogP contribution in [0.25, 0.3) is 0 Å². The van der Waals surface area contributed by atoms with Crippen LogP contribution in [0.4, 0.5) is 0 Å². The molecule has 10 atom stereocenters. The van der Waals surface area contributed by atoms with Crippen molar-refractivity contribution >= 4 is 5.91 Å². The van der Waals surface area contributed by atoms with E-state index < -0.39 is 73.9 Å². The molecule has 2 rings (SSSR count). The highest BCUT2D eigenvalue weighted by Crippen LogP contribution is 2.20. The van der Waals surface area contributed by atoms with Crippen molar-refractivity contribution in [1.29, 1.82) is 0 Å². The highest BCUT2D eigenvalue weighted by atomic mass is 16.6. The summed E-state index contributed by atoms with van der Waals surface area (Å²) in [5, 5.41) is 75.4. The molecule has 0 aromatic heterocycles. The Kier molecular flexibility index (Phi) is 8.75. The summed E-state index contributed by atoms with van der Waals surface area (Å²) in [5.41, 5.74) is 0. The molecule has 154 valence electrons. The van der Waals surface area contributed by atoms with Gasteiger partial charge in [-0.1, -0.05) is 0 Å². The Morgan fingerprint density at radius 3 is 1.92 bits per heavy atom. The van der Waals surface area contributed by atoms with E-state index in [1.54, 1.807) is 0 Å². The van der Waals surface area contributed by atoms with Gasteiger partial charge in [0.1, 0.15) is 42.7 Å². The van der Waals surface area contributed by atoms with Crippen LogP contribution in [0, 0.1) is 0 Å². The molecule has 2 unspecified atom stereocenters. The first-order valence-electron chi connectivity index (χ1n) is 7.96. The Morgan fingerprint density at radius 1 is 0.846 bits per heavy atom. The molecule has 2 saturated heterocycles. The van der Waals surface area contributed by atoms with Crippen molar-refractivity contribution in [2.75, 3.05) is 6.61 Å². The Hall–Kier alpha value is -0.930. The van der Waals surface area contributed by atoms with Gasteiger partial charge in [-0.3, -0.25) is 4.79 Å². The van der Waals surface area contributed by atoms with Crippen molar-refractivity contribution in [3.8, 4) is 0 Å². The van der Waals surface area contributed by atoms with Gasteiger partial charge in [0.05, 0.1) is 12.7 Å². The van der Waals surface area contributed by atoms with Crippen molar-refractivity contribution < 1.29 is 55.1 Å². The number of nitrogens with one attached hydrogen (secondary N) is 1. The van der Waals surface area contributed by atoms with Gasteiger partial charge in [0.25, 0.3) is 0 Å². The van der Waals surface area contributed by atoms with Crippen LogP contribution < -0.4 is 5.32 Å². The molecule has 0 aromatic carbocycles. The fourth-order valence-electron chi connectivity index (χ4n) is 2.52. The zero-order valence-electron chi connectivity index (χ0n) is 14.3. The molecule has 0 saturated carbocycles. The minimum atomic E-state index is -1.45. The van der Waals surface area contributed by atoms with E-state index in [2.05, 4.69) is 10.1 Å². The van der Waals surface area contributed by atoms with Gasteiger partial charge in [0, 0.05) is 6.92 Å². The van der Waals surface area contributed by atoms with Crippen LogP contribution in [0.5, 0.6) is 0 Å². The molecule has 2 aliphatic rings. The summed E-state index contributed by atoms with van der Waals surface area (Å²) < 4.78 is 9.49. The zero-order chi connectivity index (χ0) is 20.2. The summed E-state index contributed by atoms with van der Waals surface area (Å²) in [6, 6.07) is -1.10. The first-order chi connectivity index (χ1) is 12.0. The molecule has 2 heterocycles. The van der Waals surface area contributed by atoms with E-state index >= 15 is 0 Å². The van der Waals surface area contributed by atoms with Crippen LogP contribution in [0.2, 0.25) is 0 Å². The van der Waals surface area contributed by atoms with E-state index in [0.717, 1.165) is 0 Å². The molecule has 26 heavy (non-hydrogen) atoms. The van der Waals surface area contributed by atoms with Gasteiger partial charge in [0.15, 0.2) is 12.6 Å². The number of carbonyl (C=O) groups is 1. The van der Waals surface area contributed by atoms with Crippen LogP contribution in [-0.4, -0.2) is 115 Å². The summed E-state index contributed by atoms with van der Waals surface area (Å²) >= 11 is 0. The van der Waals surface area contributed by atoms with E-state index in [0.29, 0.717) is 0 Å². The predicted octanol–water partition coefficient (Wildman–Crippen LogP) is -5.27. The minimum Gasteiger partial charge on any atom is -0.394 e. The van der Waals surface area contributed by atoms with Crippen molar-refractivity contribution in [3.05, 3.63) is 0 Å². The molecular weight excluding hydrogens is 358 g/mol. The monoisotopic (exact) mass is 385 g/mol. The van der Waals surface area contributed by atoms with Crippen LogP contribution in [0.3, 0.4) is 0 Å². The van der Waals surface area contributed by atoms with E-state index in [4.69, 9.17) is 30.3 Å². The van der Waals surface area contributed by atoms with E-state index in [1.165, 1.54) is 13.8 Å². The maximum Gasteiger partial charge on any atom is 0.217 e. The summed E-state index contributed by atoms with van der Waals surface area (Å²) in [6.45, 7) is 2.19. The first-order valence-corrected chi connectivity index (χ1v) is 7.96. The topological polar surface area (TPSA) is 209 Å². The van der Waals surface area contributed by atoms with Crippen LogP contribution in [-0.2, 0) is 14.3 Å². The van der Waals surface area contributed by atoms with Gasteiger partial charge >= 0.3 is 0 Å². The molecule has 2 fully saturated rings. The molecule has 0 bridgehead atoms. The lowest BCUT2D eigenvalue weighted by Gasteiger charge is -2.40. The highest BCUT2D eigenvalue weighted by Gasteiger charge is 2.44. The minimum absolute atomic E-state index is 0.462. The molecule has 0 spiro atoms. The number of aliphatic hydroxyl groups excluding tert-OH is 8. The average molecular weight is 385 g/mol. The second-order valence-electron chi connectivity index (χ2n) is 6.16. The Balaban J connectivity index is 0.000000273. The predicted molar refractivity (Wildman–Crippen MR) is 82.2 cm³/mol. The number of amides is 1. The first kappa shape index (κ1) is 23.1. The number of aliphatic hydroxyl groups is 8. The average Bonchev–Trinajstić information content (AvgIpc) is 2.58. The molecule has 0 radical (unpaired) electrons.